The summed E-state index contributed by atoms with van der Waals surface area (Å²) in [6.45, 7) is 5.50. The van der Waals surface area contributed by atoms with Crippen LogP contribution in [-0.4, -0.2) is 36.4 Å². The molecule has 0 saturated heterocycles. The van der Waals surface area contributed by atoms with Gasteiger partial charge >= 0.3 is 5.97 Å². The molecule has 0 rings (SSSR count). The van der Waals surface area contributed by atoms with E-state index in [2.05, 4.69) is 10.1 Å². The van der Waals surface area contributed by atoms with Crippen molar-refractivity contribution >= 4 is 5.97 Å². The molecule has 0 radical (unpaired) electrons. The first-order chi connectivity index (χ1) is 5.40. The summed E-state index contributed by atoms with van der Waals surface area (Å²) in [5, 5.41) is 11.8. The first kappa shape index (κ1) is 11.4. The second-order valence-electron chi connectivity index (χ2n) is 3.65. The molecule has 0 amide bonds. The highest BCUT2D eigenvalue weighted by molar-refractivity contribution is 5.75. The summed E-state index contributed by atoms with van der Waals surface area (Å²) in [6.07, 6.45) is 0. The summed E-state index contributed by atoms with van der Waals surface area (Å²) in [4.78, 5) is 11.0. The van der Waals surface area contributed by atoms with E-state index in [-0.39, 0.29) is 12.1 Å². The summed E-state index contributed by atoms with van der Waals surface area (Å²) in [6, 6.07) is -0.630. The van der Waals surface area contributed by atoms with Crippen LogP contribution in [0.3, 0.4) is 0 Å². The van der Waals surface area contributed by atoms with Gasteiger partial charge in [-0.05, 0) is 20.8 Å². The Morgan fingerprint density at radius 1 is 1.58 bits per heavy atom. The summed E-state index contributed by atoms with van der Waals surface area (Å²) in [5.74, 6) is -0.438. The maximum Gasteiger partial charge on any atom is 0.325 e. The highest BCUT2D eigenvalue weighted by atomic mass is 16.5. The fourth-order valence-electron chi connectivity index (χ4n) is 0.844. The van der Waals surface area contributed by atoms with Gasteiger partial charge in [-0.3, -0.25) is 10.1 Å². The summed E-state index contributed by atoms with van der Waals surface area (Å²) in [7, 11) is 1.30. The molecule has 0 saturated carbocycles. The molecule has 0 bridgehead atoms. The highest BCUT2D eigenvalue weighted by Gasteiger charge is 2.23. The van der Waals surface area contributed by atoms with E-state index < -0.39 is 12.0 Å². The predicted molar refractivity (Wildman–Crippen MR) is 45.8 cm³/mol. The summed E-state index contributed by atoms with van der Waals surface area (Å²) < 4.78 is 4.49. The van der Waals surface area contributed by atoms with Gasteiger partial charge in [0.1, 0.15) is 6.04 Å². The van der Waals surface area contributed by atoms with E-state index in [9.17, 15) is 4.79 Å². The zero-order valence-corrected chi connectivity index (χ0v) is 8.05. The molecule has 4 heteroatoms. The Balaban J connectivity index is 4.09. The third kappa shape index (κ3) is 4.31. The fraction of sp³-hybridized carbons (Fsp3) is 0.875. The molecule has 2 N–H and O–H groups in total. The van der Waals surface area contributed by atoms with Crippen molar-refractivity contribution in [1.82, 2.24) is 5.32 Å². The van der Waals surface area contributed by atoms with Gasteiger partial charge in [-0.1, -0.05) is 0 Å². The maximum absolute atomic E-state index is 11.0. The van der Waals surface area contributed by atoms with Crippen LogP contribution >= 0.6 is 0 Å². The number of hydrogen-bond donors (Lipinski definition) is 2. The summed E-state index contributed by atoms with van der Waals surface area (Å²) >= 11 is 0. The van der Waals surface area contributed by atoms with Gasteiger partial charge < -0.3 is 9.84 Å². The van der Waals surface area contributed by atoms with Crippen molar-refractivity contribution in [2.24, 2.45) is 0 Å². The van der Waals surface area contributed by atoms with Crippen LogP contribution in [0.4, 0.5) is 0 Å². The summed E-state index contributed by atoms with van der Waals surface area (Å²) in [5.41, 5.74) is -0.207. The van der Waals surface area contributed by atoms with Gasteiger partial charge in [0.15, 0.2) is 0 Å². The number of esters is 1. The normalized spacial score (nSPS) is 14.1. The number of rotatable bonds is 3. The smallest absolute Gasteiger partial charge is 0.325 e. The predicted octanol–water partition coefficient (Wildman–Crippen LogP) is -0.0916. The van der Waals surface area contributed by atoms with Crippen molar-refractivity contribution in [2.75, 3.05) is 13.7 Å². The standard InChI is InChI=1S/C8H17NO3/c1-8(2,3)9-6(5-10)7(11)12-4/h6,9-10H,5H2,1-4H3/t6-/m0/s1. The Labute approximate surface area is 72.9 Å². The van der Waals surface area contributed by atoms with Crippen molar-refractivity contribution < 1.29 is 14.6 Å². The Morgan fingerprint density at radius 2 is 2.08 bits per heavy atom. The second-order valence-corrected chi connectivity index (χ2v) is 3.65. The quantitative estimate of drug-likeness (QED) is 0.588. The van der Waals surface area contributed by atoms with Gasteiger partial charge in [0.05, 0.1) is 13.7 Å². The zero-order valence-electron chi connectivity index (χ0n) is 8.05. The van der Waals surface area contributed by atoms with E-state index in [0.29, 0.717) is 0 Å². The van der Waals surface area contributed by atoms with E-state index in [1.807, 2.05) is 20.8 Å². The maximum atomic E-state index is 11.0. The Kier molecular flexibility index (Phi) is 4.20. The van der Waals surface area contributed by atoms with E-state index in [1.165, 1.54) is 7.11 Å². The molecule has 0 aromatic carbocycles. The van der Waals surface area contributed by atoms with E-state index >= 15 is 0 Å². The lowest BCUT2D eigenvalue weighted by molar-refractivity contribution is -0.144. The van der Waals surface area contributed by atoms with Crippen molar-refractivity contribution in [3.05, 3.63) is 0 Å². The first-order valence-electron chi connectivity index (χ1n) is 3.87. The Hall–Kier alpha value is -0.610. The molecule has 0 heterocycles. The average Bonchev–Trinajstić information content (AvgIpc) is 1.97. The third-order valence-electron chi connectivity index (χ3n) is 1.28. The van der Waals surface area contributed by atoms with Crippen molar-refractivity contribution in [3.63, 3.8) is 0 Å². The molecule has 0 aliphatic heterocycles. The number of methoxy groups -OCH3 is 1. The lowest BCUT2D eigenvalue weighted by Crippen LogP contribution is -2.50. The molecule has 0 aliphatic rings. The highest BCUT2D eigenvalue weighted by Crippen LogP contribution is 2.01. The Bertz CT molecular complexity index is 151. The Morgan fingerprint density at radius 3 is 2.33 bits per heavy atom. The second kappa shape index (κ2) is 4.42. The number of aliphatic hydroxyl groups excluding tert-OH is 1. The van der Waals surface area contributed by atoms with Crippen LogP contribution in [0.2, 0.25) is 0 Å². The van der Waals surface area contributed by atoms with E-state index in [0.717, 1.165) is 0 Å². The number of aliphatic hydroxyl groups is 1. The fourth-order valence-corrected chi connectivity index (χ4v) is 0.844. The zero-order chi connectivity index (χ0) is 9.78. The number of nitrogens with one attached hydrogen (secondary N) is 1. The van der Waals surface area contributed by atoms with Crippen molar-refractivity contribution in [3.8, 4) is 0 Å². The molecule has 12 heavy (non-hydrogen) atoms. The molecule has 0 unspecified atom stereocenters. The molecular weight excluding hydrogens is 158 g/mol. The number of hydrogen-bond acceptors (Lipinski definition) is 4. The van der Waals surface area contributed by atoms with Gasteiger partial charge in [0.2, 0.25) is 0 Å². The number of carbonyl (C=O) groups excluding carboxylic acids is 1. The van der Waals surface area contributed by atoms with E-state index in [4.69, 9.17) is 5.11 Å². The minimum Gasteiger partial charge on any atom is -0.468 e. The van der Waals surface area contributed by atoms with Crippen molar-refractivity contribution in [2.45, 2.75) is 32.4 Å². The van der Waals surface area contributed by atoms with Crippen LogP contribution in [0.15, 0.2) is 0 Å². The molecule has 72 valence electrons. The molecule has 0 aliphatic carbocycles. The van der Waals surface area contributed by atoms with Crippen LogP contribution in [0.5, 0.6) is 0 Å². The first-order valence-corrected chi connectivity index (χ1v) is 3.87. The minimum atomic E-state index is -0.630. The topological polar surface area (TPSA) is 58.6 Å². The third-order valence-corrected chi connectivity index (χ3v) is 1.28. The SMILES string of the molecule is COC(=O)[C@H](CO)NC(C)(C)C. The van der Waals surface area contributed by atoms with Crippen LogP contribution in [0.25, 0.3) is 0 Å². The molecular formula is C8H17NO3. The van der Waals surface area contributed by atoms with Crippen molar-refractivity contribution in [1.29, 1.82) is 0 Å². The largest absolute Gasteiger partial charge is 0.468 e. The number of carbonyl (C=O) groups is 1. The van der Waals surface area contributed by atoms with Crippen LogP contribution in [-0.2, 0) is 9.53 Å². The molecule has 0 aromatic heterocycles. The van der Waals surface area contributed by atoms with Crippen LogP contribution in [0.1, 0.15) is 20.8 Å². The monoisotopic (exact) mass is 175 g/mol. The molecule has 0 aromatic rings. The van der Waals surface area contributed by atoms with Gasteiger partial charge in [-0.25, -0.2) is 0 Å². The lowest BCUT2D eigenvalue weighted by atomic mass is 10.1. The molecule has 0 fully saturated rings. The molecule has 4 nitrogen and oxygen atoms in total. The van der Waals surface area contributed by atoms with Crippen LogP contribution < -0.4 is 5.32 Å². The lowest BCUT2D eigenvalue weighted by Gasteiger charge is -2.25. The molecule has 0 spiro atoms. The van der Waals surface area contributed by atoms with Gasteiger partial charge in [0.25, 0.3) is 0 Å². The van der Waals surface area contributed by atoms with E-state index in [1.54, 1.807) is 0 Å². The van der Waals surface area contributed by atoms with Gasteiger partial charge in [-0.15, -0.1) is 0 Å². The van der Waals surface area contributed by atoms with Gasteiger partial charge in [-0.2, -0.15) is 0 Å². The van der Waals surface area contributed by atoms with Crippen LogP contribution in [0, 0.1) is 0 Å². The van der Waals surface area contributed by atoms with Gasteiger partial charge in [0, 0.05) is 5.54 Å². The average molecular weight is 175 g/mol. The number of ether oxygens (including phenoxy) is 1. The minimum absolute atomic E-state index is 0.207. The molecule has 1 atom stereocenters.